The van der Waals surface area contributed by atoms with Crippen LogP contribution in [0.15, 0.2) is 0 Å². The van der Waals surface area contributed by atoms with Crippen molar-refractivity contribution in [1.29, 1.82) is 0 Å². The lowest BCUT2D eigenvalue weighted by atomic mass is 10.1. The first-order valence-electron chi connectivity index (χ1n) is 5.70. The molecule has 0 rings (SSSR count). The van der Waals surface area contributed by atoms with Gasteiger partial charge in [0.1, 0.15) is 6.04 Å². The van der Waals surface area contributed by atoms with Crippen molar-refractivity contribution in [2.75, 3.05) is 6.52 Å². The minimum atomic E-state index is -2.94. The lowest BCUT2D eigenvalue weighted by Crippen LogP contribution is -2.29. The zero-order chi connectivity index (χ0) is 13.3. The Labute approximate surface area is 68.6 Å². The molecule has 0 saturated heterocycles. The molecule has 5 N–H and O–H groups in total. The van der Waals surface area contributed by atoms with Crippen molar-refractivity contribution in [3.63, 3.8) is 0 Å². The summed E-state index contributed by atoms with van der Waals surface area (Å²) in [4.78, 5) is 10.5. The Hall–Kier alpha value is -0.610. The molecule has 60 valence electrons. The molecule has 0 aromatic carbocycles. The molecule has 3 atom stereocenters. The fourth-order valence-electron chi connectivity index (χ4n) is 0.257. The zero-order valence-corrected chi connectivity index (χ0v) is 5.24. The molecule has 10 heavy (non-hydrogen) atoms. The summed E-state index contributed by atoms with van der Waals surface area (Å²) in [5, 5.41) is 8.51. The number of rotatable bonds is 5. The predicted molar refractivity (Wildman–Crippen MR) is 38.5 cm³/mol. The van der Waals surface area contributed by atoms with Crippen molar-refractivity contribution >= 4 is 5.97 Å². The van der Waals surface area contributed by atoms with E-state index in [4.69, 9.17) is 24.8 Å². The van der Waals surface area contributed by atoms with Crippen molar-refractivity contribution in [2.45, 2.75) is 25.2 Å². The minimum absolute atomic E-state index is 1.61. The van der Waals surface area contributed by atoms with Crippen LogP contribution in [0.5, 0.6) is 0 Å². The third-order valence-corrected chi connectivity index (χ3v) is 0.715. The number of hydrogen-bond acceptors (Lipinski definition) is 3. The number of nitrogens with two attached hydrogens (primary N) is 2. The zero-order valence-electron chi connectivity index (χ0n) is 11.2. The summed E-state index contributed by atoms with van der Waals surface area (Å²) in [5.74, 6) is -1.61. The lowest BCUT2D eigenvalue weighted by molar-refractivity contribution is -0.138. The minimum Gasteiger partial charge on any atom is -0.480 e. The van der Waals surface area contributed by atoms with Crippen LogP contribution in [-0.4, -0.2) is 23.6 Å². The molecule has 0 aromatic heterocycles. The molecule has 0 saturated carbocycles. The number of carboxylic acids is 1. The van der Waals surface area contributed by atoms with Gasteiger partial charge in [-0.3, -0.25) is 4.79 Å². The van der Waals surface area contributed by atoms with E-state index in [1.165, 1.54) is 0 Å². The van der Waals surface area contributed by atoms with Gasteiger partial charge in [-0.05, 0) is 19.3 Å². The first-order valence-corrected chi connectivity index (χ1v) is 2.54. The average Bonchev–Trinajstić information content (AvgIpc) is 2.14. The van der Waals surface area contributed by atoms with E-state index in [0.717, 1.165) is 0 Å². The maximum atomic E-state index is 10.5. The van der Waals surface area contributed by atoms with Crippen LogP contribution in [0.1, 0.15) is 27.4 Å². The molecular formula is C6H14N2O2. The van der Waals surface area contributed by atoms with Crippen LogP contribution in [0.4, 0.5) is 0 Å². The summed E-state index contributed by atoms with van der Waals surface area (Å²) in [6.07, 6.45) is -7.87. The molecular weight excluding hydrogens is 132 g/mol. The van der Waals surface area contributed by atoms with Crippen LogP contribution in [0, 0.1) is 0 Å². The molecule has 0 aliphatic carbocycles. The maximum absolute atomic E-state index is 10.5. The van der Waals surface area contributed by atoms with Gasteiger partial charge in [-0.25, -0.2) is 0 Å². The SMILES string of the molecule is [2H][C@@H](N)C([2H])([2H])C([2H])([2H])[C@@H]([2H])[C@H](N)C(=O)O. The molecule has 0 aromatic rings. The van der Waals surface area contributed by atoms with E-state index in [1.54, 1.807) is 0 Å². The second-order valence-corrected chi connectivity index (χ2v) is 1.49. The van der Waals surface area contributed by atoms with E-state index in [9.17, 15) is 4.79 Å². The molecule has 0 unspecified atom stereocenters. The Morgan fingerprint density at radius 2 is 2.30 bits per heavy atom. The van der Waals surface area contributed by atoms with Gasteiger partial charge in [0.05, 0.1) is 0 Å². The van der Waals surface area contributed by atoms with Crippen molar-refractivity contribution in [2.24, 2.45) is 11.5 Å². The Morgan fingerprint density at radius 3 is 2.70 bits per heavy atom. The summed E-state index contributed by atoms with van der Waals surface area (Å²) in [5.41, 5.74) is 10.00. The van der Waals surface area contributed by atoms with Gasteiger partial charge in [-0.1, -0.05) is 6.37 Å². The second kappa shape index (κ2) is 5.20. The van der Waals surface area contributed by atoms with Crippen molar-refractivity contribution in [3.8, 4) is 0 Å². The maximum Gasteiger partial charge on any atom is 0.320 e. The monoisotopic (exact) mass is 152 g/mol. The third kappa shape index (κ3) is 4.29. The number of carboxylic acid groups (broad SMARTS) is 1. The second-order valence-electron chi connectivity index (χ2n) is 1.49. The van der Waals surface area contributed by atoms with E-state index in [0.29, 0.717) is 0 Å². The predicted octanol–water partition coefficient (Wildman–Crippen LogP) is -0.473. The number of hydrogen-bond donors (Lipinski definition) is 3. The fraction of sp³-hybridized carbons (Fsp3) is 0.833. The molecule has 0 radical (unpaired) electrons. The topological polar surface area (TPSA) is 89.3 Å². The third-order valence-electron chi connectivity index (χ3n) is 0.715. The average molecular weight is 152 g/mol. The Kier molecular flexibility index (Phi) is 1.66. The summed E-state index contributed by atoms with van der Waals surface area (Å²) in [7, 11) is 0. The summed E-state index contributed by atoms with van der Waals surface area (Å²) < 4.78 is 43.5. The Balaban J connectivity index is 5.12. The fourth-order valence-corrected chi connectivity index (χ4v) is 0.257. The van der Waals surface area contributed by atoms with Crippen LogP contribution in [0.2, 0.25) is 0 Å². The van der Waals surface area contributed by atoms with Crippen LogP contribution in [-0.2, 0) is 4.79 Å². The van der Waals surface area contributed by atoms with Crippen LogP contribution in [0.3, 0.4) is 0 Å². The molecule has 0 heterocycles. The Bertz CT molecular complexity index is 272. The van der Waals surface area contributed by atoms with Crippen LogP contribution < -0.4 is 11.5 Å². The van der Waals surface area contributed by atoms with Crippen LogP contribution >= 0.6 is 0 Å². The smallest absolute Gasteiger partial charge is 0.320 e. The highest BCUT2D eigenvalue weighted by Gasteiger charge is 2.09. The number of carbonyl (C=O) groups is 1. The van der Waals surface area contributed by atoms with Crippen molar-refractivity contribution in [3.05, 3.63) is 0 Å². The highest BCUT2D eigenvalue weighted by atomic mass is 16.4. The lowest BCUT2D eigenvalue weighted by Gasteiger charge is -2.03. The molecule has 0 spiro atoms. The quantitative estimate of drug-likeness (QED) is 0.496. The molecule has 0 bridgehead atoms. The summed E-state index contributed by atoms with van der Waals surface area (Å²) >= 11 is 0. The van der Waals surface area contributed by atoms with Gasteiger partial charge in [0.15, 0.2) is 0 Å². The molecule has 4 nitrogen and oxygen atoms in total. The first kappa shape index (κ1) is 3.19. The highest BCUT2D eigenvalue weighted by molar-refractivity contribution is 5.72. The van der Waals surface area contributed by atoms with Gasteiger partial charge >= 0.3 is 5.97 Å². The highest BCUT2D eigenvalue weighted by Crippen LogP contribution is 1.96. The summed E-state index contributed by atoms with van der Waals surface area (Å²) in [6, 6.07) is -1.89. The van der Waals surface area contributed by atoms with Gasteiger partial charge in [0.25, 0.3) is 0 Å². The van der Waals surface area contributed by atoms with Gasteiger partial charge in [0, 0.05) is 8.22 Å². The first-order chi connectivity index (χ1) is 6.96. The van der Waals surface area contributed by atoms with E-state index in [-0.39, 0.29) is 0 Å². The van der Waals surface area contributed by atoms with Gasteiger partial charge < -0.3 is 16.6 Å². The van der Waals surface area contributed by atoms with E-state index in [1.807, 2.05) is 0 Å². The number of aliphatic carboxylic acids is 1. The van der Waals surface area contributed by atoms with Crippen molar-refractivity contribution < 1.29 is 18.1 Å². The van der Waals surface area contributed by atoms with Crippen LogP contribution in [0.25, 0.3) is 0 Å². The van der Waals surface area contributed by atoms with Gasteiger partial charge in [-0.2, -0.15) is 0 Å². The molecule has 0 aliphatic rings. The van der Waals surface area contributed by atoms with Gasteiger partial charge in [0.2, 0.25) is 0 Å². The summed E-state index contributed by atoms with van der Waals surface area (Å²) in [6.45, 7) is -1.93. The van der Waals surface area contributed by atoms with Gasteiger partial charge in [-0.15, -0.1) is 0 Å². The molecule has 4 heteroatoms. The Morgan fingerprint density at radius 1 is 1.70 bits per heavy atom. The standard InChI is InChI=1S/C6H14N2O2/c7-4-2-1-3-5(8)6(9)10/h5H,1-4,7-8H2,(H,9,10)/t5-/m0/s1/i1D2,2D2,3D,4D/t3-,4-,5+/m1. The van der Waals surface area contributed by atoms with E-state index in [2.05, 4.69) is 0 Å². The largest absolute Gasteiger partial charge is 0.480 e. The molecule has 0 amide bonds. The normalized spacial score (nSPS) is 31.0. The molecule has 0 aliphatic heterocycles. The molecule has 0 fully saturated rings. The van der Waals surface area contributed by atoms with E-state index < -0.39 is 37.7 Å². The van der Waals surface area contributed by atoms with Crippen molar-refractivity contribution in [1.82, 2.24) is 0 Å². The van der Waals surface area contributed by atoms with E-state index >= 15 is 0 Å².